The standard InChI is InChI=1S/C31H33N3O8/c1-33(2)13-15-10-8-14(9-11-15)12-17-16-6-5-7-18(35)19(16)25(36)21-20(17)26(37)23-24(34(3)4)27(38)22(30(32)41)29(40)31(23,42)28(21)39/h5-12,20-24,26,35,37,42H,13H2,1-4H3,(H2,32,41)/b17-12+/t20-,21?,22?,23-,24+,26+,31+/m1/s1. The molecular weight excluding hydrogens is 542 g/mol. The molecule has 220 valence electrons. The predicted octanol–water partition coefficient (Wildman–Crippen LogP) is -0.102. The van der Waals surface area contributed by atoms with E-state index in [2.05, 4.69) is 0 Å². The summed E-state index contributed by atoms with van der Waals surface area (Å²) in [5, 5.41) is 34.5. The van der Waals surface area contributed by atoms with Crippen LogP contribution >= 0.6 is 0 Å². The normalized spacial score (nSPS) is 31.8. The van der Waals surface area contributed by atoms with Crippen molar-refractivity contribution in [3.63, 3.8) is 0 Å². The molecule has 11 heteroatoms. The lowest BCUT2D eigenvalue weighted by Gasteiger charge is -2.55. The van der Waals surface area contributed by atoms with E-state index < -0.39 is 76.2 Å². The minimum absolute atomic E-state index is 0.188. The Balaban J connectivity index is 1.74. The van der Waals surface area contributed by atoms with Gasteiger partial charge in [0.2, 0.25) is 5.91 Å². The highest BCUT2D eigenvalue weighted by molar-refractivity contribution is 6.33. The summed E-state index contributed by atoms with van der Waals surface area (Å²) in [6, 6.07) is 10.4. The molecule has 0 saturated heterocycles. The van der Waals surface area contributed by atoms with E-state index >= 15 is 0 Å². The molecule has 2 fully saturated rings. The van der Waals surface area contributed by atoms with Crippen molar-refractivity contribution < 1.29 is 39.3 Å². The fourth-order valence-electron chi connectivity index (χ4n) is 6.93. The Morgan fingerprint density at radius 3 is 2.21 bits per heavy atom. The largest absolute Gasteiger partial charge is 0.507 e. The van der Waals surface area contributed by atoms with E-state index in [1.54, 1.807) is 12.1 Å². The van der Waals surface area contributed by atoms with E-state index in [9.17, 15) is 39.3 Å². The topological polar surface area (TPSA) is 179 Å². The van der Waals surface area contributed by atoms with Gasteiger partial charge >= 0.3 is 0 Å². The van der Waals surface area contributed by atoms with Crippen LogP contribution in [0.2, 0.25) is 0 Å². The number of carbonyl (C=O) groups excluding carboxylic acids is 5. The molecule has 2 saturated carbocycles. The number of rotatable bonds is 5. The van der Waals surface area contributed by atoms with Crippen LogP contribution in [0.1, 0.15) is 27.0 Å². The Morgan fingerprint density at radius 1 is 1.00 bits per heavy atom. The second-order valence-corrected chi connectivity index (χ2v) is 11.8. The number of benzene rings is 2. The zero-order valence-electron chi connectivity index (χ0n) is 23.6. The van der Waals surface area contributed by atoms with Crippen molar-refractivity contribution in [2.45, 2.75) is 24.3 Å². The van der Waals surface area contributed by atoms with Gasteiger partial charge in [0.25, 0.3) is 0 Å². The smallest absolute Gasteiger partial charge is 0.235 e. The third-order valence-corrected chi connectivity index (χ3v) is 8.67. The van der Waals surface area contributed by atoms with E-state index in [1.807, 2.05) is 43.3 Å². The van der Waals surface area contributed by atoms with Crippen LogP contribution in [0.3, 0.4) is 0 Å². The van der Waals surface area contributed by atoms with E-state index in [-0.39, 0.29) is 11.1 Å². The number of likely N-dealkylation sites (N-methyl/N-ethyl adjacent to an activating group) is 1. The number of aliphatic hydroxyl groups excluding tert-OH is 1. The Hall–Kier alpha value is -4.03. The predicted molar refractivity (Wildman–Crippen MR) is 151 cm³/mol. The van der Waals surface area contributed by atoms with Crippen molar-refractivity contribution in [2.24, 2.45) is 29.4 Å². The van der Waals surface area contributed by atoms with Crippen LogP contribution < -0.4 is 5.73 Å². The number of hydrogen-bond acceptors (Lipinski definition) is 10. The van der Waals surface area contributed by atoms with Gasteiger partial charge in [0.15, 0.2) is 34.7 Å². The van der Waals surface area contributed by atoms with Crippen molar-refractivity contribution in [1.82, 2.24) is 9.80 Å². The Morgan fingerprint density at radius 2 is 1.64 bits per heavy atom. The maximum Gasteiger partial charge on any atom is 0.235 e. The fourth-order valence-corrected chi connectivity index (χ4v) is 6.93. The van der Waals surface area contributed by atoms with Crippen molar-refractivity contribution in [2.75, 3.05) is 28.2 Å². The molecule has 0 heterocycles. The average Bonchev–Trinajstić information content (AvgIpc) is 2.90. The maximum atomic E-state index is 14.2. The molecular formula is C31H33N3O8. The molecule has 3 aliphatic rings. The van der Waals surface area contributed by atoms with Crippen LogP contribution in [-0.4, -0.2) is 100 Å². The first kappa shape index (κ1) is 29.5. The summed E-state index contributed by atoms with van der Waals surface area (Å²) in [7, 11) is 6.78. The molecule has 2 aromatic carbocycles. The van der Waals surface area contributed by atoms with E-state index in [0.29, 0.717) is 17.7 Å². The van der Waals surface area contributed by atoms with Gasteiger partial charge in [-0.1, -0.05) is 42.5 Å². The first-order valence-electron chi connectivity index (χ1n) is 13.5. The van der Waals surface area contributed by atoms with Gasteiger partial charge in [-0.25, -0.2) is 0 Å². The van der Waals surface area contributed by atoms with Crippen LogP contribution in [0.4, 0.5) is 0 Å². The molecule has 0 aliphatic heterocycles. The van der Waals surface area contributed by atoms with Crippen LogP contribution in [0.25, 0.3) is 11.6 Å². The van der Waals surface area contributed by atoms with Gasteiger partial charge in [0.1, 0.15) is 5.75 Å². The summed E-state index contributed by atoms with van der Waals surface area (Å²) in [6.45, 7) is 0.695. The summed E-state index contributed by atoms with van der Waals surface area (Å²) >= 11 is 0. The summed E-state index contributed by atoms with van der Waals surface area (Å²) in [6.07, 6.45) is -0.0722. The summed E-state index contributed by atoms with van der Waals surface area (Å²) in [5.41, 5.74) is 4.42. The quantitative estimate of drug-likeness (QED) is 0.352. The highest BCUT2D eigenvalue weighted by Gasteiger charge is 2.72. The second-order valence-electron chi connectivity index (χ2n) is 11.8. The zero-order valence-corrected chi connectivity index (χ0v) is 23.6. The Bertz CT molecular complexity index is 1550. The van der Waals surface area contributed by atoms with Gasteiger partial charge in [-0.15, -0.1) is 0 Å². The van der Waals surface area contributed by atoms with Gasteiger partial charge in [0.05, 0.1) is 29.5 Å². The van der Waals surface area contributed by atoms with Gasteiger partial charge in [-0.2, -0.15) is 0 Å². The number of carbonyl (C=O) groups is 5. The Labute approximate surface area is 242 Å². The van der Waals surface area contributed by atoms with E-state index in [4.69, 9.17) is 5.73 Å². The number of hydrogen-bond donors (Lipinski definition) is 4. The molecule has 0 aromatic heterocycles. The van der Waals surface area contributed by atoms with Gasteiger partial charge in [0, 0.05) is 12.5 Å². The number of nitrogens with zero attached hydrogens (tertiary/aromatic N) is 2. The highest BCUT2D eigenvalue weighted by atomic mass is 16.3. The van der Waals surface area contributed by atoms with Crippen molar-refractivity contribution >= 4 is 40.7 Å². The second kappa shape index (κ2) is 10.4. The van der Waals surface area contributed by atoms with Gasteiger partial charge < -0.3 is 26.0 Å². The lowest BCUT2D eigenvalue weighted by molar-refractivity contribution is -0.192. The van der Waals surface area contributed by atoms with E-state index in [0.717, 1.165) is 5.56 Å². The molecule has 11 nitrogen and oxygen atoms in total. The van der Waals surface area contributed by atoms with Gasteiger partial charge in [-0.05, 0) is 56.5 Å². The van der Waals surface area contributed by atoms with Crippen LogP contribution in [0, 0.1) is 23.7 Å². The Kier molecular flexibility index (Phi) is 7.26. The number of amides is 1. The number of Topliss-reactive ketones (excluding diaryl/α,β-unsaturated/α-hetero) is 4. The fraction of sp³-hybridized carbons (Fsp3) is 0.387. The third-order valence-electron chi connectivity index (χ3n) is 8.67. The summed E-state index contributed by atoms with van der Waals surface area (Å²) in [5.74, 6) is -13.2. The molecule has 5 rings (SSSR count). The molecule has 42 heavy (non-hydrogen) atoms. The molecule has 2 unspecified atom stereocenters. The summed E-state index contributed by atoms with van der Waals surface area (Å²) in [4.78, 5) is 70.5. The average molecular weight is 576 g/mol. The lowest BCUT2D eigenvalue weighted by atomic mass is 9.50. The number of aromatic hydroxyl groups is 1. The number of primary amides is 1. The van der Waals surface area contributed by atoms with Crippen LogP contribution in [0.5, 0.6) is 5.75 Å². The molecule has 0 radical (unpaired) electrons. The van der Waals surface area contributed by atoms with E-state index in [1.165, 1.54) is 31.1 Å². The first-order valence-corrected chi connectivity index (χ1v) is 13.5. The van der Waals surface area contributed by atoms with Crippen LogP contribution in [-0.2, 0) is 25.7 Å². The molecule has 7 atom stereocenters. The number of fused-ring (bicyclic) bond motifs is 3. The molecule has 3 aliphatic carbocycles. The van der Waals surface area contributed by atoms with Gasteiger partial charge in [-0.3, -0.25) is 28.9 Å². The summed E-state index contributed by atoms with van der Waals surface area (Å²) < 4.78 is 0. The minimum atomic E-state index is -3.06. The number of aliphatic hydroxyl groups is 2. The number of phenols is 1. The minimum Gasteiger partial charge on any atom is -0.507 e. The monoisotopic (exact) mass is 575 g/mol. The molecule has 0 spiro atoms. The van der Waals surface area contributed by atoms with Crippen molar-refractivity contribution in [1.29, 1.82) is 0 Å². The van der Waals surface area contributed by atoms with Crippen molar-refractivity contribution in [3.8, 4) is 5.75 Å². The number of phenolic OH excluding ortho intramolecular Hbond substituents is 1. The maximum absolute atomic E-state index is 14.2. The van der Waals surface area contributed by atoms with Crippen LogP contribution in [0.15, 0.2) is 42.5 Å². The lowest BCUT2D eigenvalue weighted by Crippen LogP contribution is -2.77. The molecule has 5 N–H and O–H groups in total. The molecule has 2 aromatic rings. The third kappa shape index (κ3) is 4.23. The van der Waals surface area contributed by atoms with Crippen molar-refractivity contribution in [3.05, 3.63) is 64.7 Å². The zero-order chi connectivity index (χ0) is 30.8. The number of nitrogens with two attached hydrogens (primary N) is 1. The molecule has 1 amide bonds. The molecule has 0 bridgehead atoms. The number of ketones is 4. The highest BCUT2D eigenvalue weighted by Crippen LogP contribution is 2.54. The first-order chi connectivity index (χ1) is 19.7. The SMILES string of the molecule is CN(C)Cc1ccc(/C=C2\c3cccc(O)c3C(=O)C3C(=O)[C@]4(O)C(=O)C(C(N)=O)C(=O)[C@@H](N(C)C)[C@@H]4[C@@H](O)[C@H]23)cc1.